The molecule has 4 aromatic rings. The van der Waals surface area contributed by atoms with Gasteiger partial charge in [-0.25, -0.2) is 0 Å². The van der Waals surface area contributed by atoms with Crippen LogP contribution in [0.4, 0.5) is 0 Å². The van der Waals surface area contributed by atoms with E-state index in [1.54, 1.807) is 18.4 Å². The summed E-state index contributed by atoms with van der Waals surface area (Å²) in [7, 11) is 1.69. The predicted molar refractivity (Wildman–Crippen MR) is 114 cm³/mol. The van der Waals surface area contributed by atoms with Gasteiger partial charge < -0.3 is 13.8 Å². The zero-order valence-electron chi connectivity index (χ0n) is 15.6. The SMILES string of the molecule is COCCCn1c(SCc2nc(-c3ccsc3)no2)nnc1-c1ccccc1Cl. The molecule has 0 radical (unpaired) electrons. The van der Waals surface area contributed by atoms with Gasteiger partial charge in [0.1, 0.15) is 0 Å². The average Bonchev–Trinajstić information content (AvgIpc) is 3.48. The zero-order chi connectivity index (χ0) is 20.1. The van der Waals surface area contributed by atoms with Gasteiger partial charge in [-0.2, -0.15) is 16.3 Å². The van der Waals surface area contributed by atoms with E-state index in [4.69, 9.17) is 20.9 Å². The van der Waals surface area contributed by atoms with Crippen molar-refractivity contribution in [2.75, 3.05) is 13.7 Å². The van der Waals surface area contributed by atoms with E-state index in [0.717, 1.165) is 28.5 Å². The fourth-order valence-electron chi connectivity index (χ4n) is 2.75. The quantitative estimate of drug-likeness (QED) is 0.262. The summed E-state index contributed by atoms with van der Waals surface area (Å²) in [6, 6.07) is 9.59. The van der Waals surface area contributed by atoms with Gasteiger partial charge >= 0.3 is 0 Å². The third-order valence-corrected chi connectivity index (χ3v) is 6.10. The Kier molecular flexibility index (Phi) is 6.60. The fraction of sp³-hybridized carbons (Fsp3) is 0.263. The second kappa shape index (κ2) is 9.53. The number of methoxy groups -OCH3 is 1. The second-order valence-electron chi connectivity index (χ2n) is 6.10. The summed E-state index contributed by atoms with van der Waals surface area (Å²) in [5.74, 6) is 2.38. The Balaban J connectivity index is 1.54. The summed E-state index contributed by atoms with van der Waals surface area (Å²) >= 11 is 9.48. The number of aromatic nitrogens is 5. The summed E-state index contributed by atoms with van der Waals surface area (Å²) in [5, 5.41) is 18.2. The topological polar surface area (TPSA) is 78.9 Å². The Morgan fingerprint density at radius 2 is 2.14 bits per heavy atom. The fourth-order valence-corrected chi connectivity index (χ4v) is 4.41. The highest BCUT2D eigenvalue weighted by atomic mass is 35.5. The Morgan fingerprint density at radius 1 is 1.24 bits per heavy atom. The maximum absolute atomic E-state index is 6.38. The molecule has 0 saturated carbocycles. The molecule has 0 atom stereocenters. The minimum absolute atomic E-state index is 0.502. The Labute approximate surface area is 181 Å². The normalized spacial score (nSPS) is 11.2. The van der Waals surface area contributed by atoms with E-state index in [1.807, 2.05) is 41.1 Å². The first kappa shape index (κ1) is 20.1. The lowest BCUT2D eigenvalue weighted by Crippen LogP contribution is -2.05. The molecular formula is C19H18ClN5O2S2. The van der Waals surface area contributed by atoms with Crippen LogP contribution in [0.1, 0.15) is 12.3 Å². The van der Waals surface area contributed by atoms with Crippen molar-refractivity contribution in [1.29, 1.82) is 0 Å². The number of nitrogens with zero attached hydrogens (tertiary/aromatic N) is 5. The van der Waals surface area contributed by atoms with Gasteiger partial charge in [-0.3, -0.25) is 0 Å². The number of rotatable bonds is 9. The molecule has 1 aromatic carbocycles. The van der Waals surface area contributed by atoms with Crippen LogP contribution in [0.15, 0.2) is 50.8 Å². The standard InChI is InChI=1S/C19H18ClN5O2S2/c1-26-9-4-8-25-18(14-5-2-3-6-15(14)20)22-23-19(25)29-12-16-21-17(24-27-16)13-7-10-28-11-13/h2-3,5-7,10-11H,4,8-9,12H2,1H3. The van der Waals surface area contributed by atoms with E-state index < -0.39 is 0 Å². The van der Waals surface area contributed by atoms with Gasteiger partial charge in [0.15, 0.2) is 11.0 Å². The molecule has 0 bridgehead atoms. The number of halogens is 1. The smallest absolute Gasteiger partial charge is 0.237 e. The number of thiophene rings is 1. The molecule has 0 fully saturated rings. The van der Waals surface area contributed by atoms with E-state index >= 15 is 0 Å². The number of hydrogen-bond donors (Lipinski definition) is 0. The summed E-state index contributed by atoms with van der Waals surface area (Å²) in [6.07, 6.45) is 0.836. The lowest BCUT2D eigenvalue weighted by molar-refractivity contribution is 0.189. The van der Waals surface area contributed by atoms with E-state index in [2.05, 4.69) is 24.9 Å². The highest BCUT2D eigenvalue weighted by Gasteiger charge is 2.18. The molecule has 150 valence electrons. The Morgan fingerprint density at radius 3 is 2.93 bits per heavy atom. The van der Waals surface area contributed by atoms with Gasteiger partial charge in [0, 0.05) is 36.8 Å². The maximum Gasteiger partial charge on any atom is 0.237 e. The summed E-state index contributed by atoms with van der Waals surface area (Å²) in [5.41, 5.74) is 1.81. The molecule has 0 saturated heterocycles. The third kappa shape index (κ3) is 4.69. The average molecular weight is 448 g/mol. The minimum Gasteiger partial charge on any atom is -0.385 e. The van der Waals surface area contributed by atoms with E-state index in [9.17, 15) is 0 Å². The van der Waals surface area contributed by atoms with Crippen molar-refractivity contribution in [3.05, 3.63) is 52.0 Å². The molecule has 0 aliphatic carbocycles. The van der Waals surface area contributed by atoms with Crippen LogP contribution in [0.5, 0.6) is 0 Å². The molecule has 7 nitrogen and oxygen atoms in total. The largest absolute Gasteiger partial charge is 0.385 e. The number of hydrogen-bond acceptors (Lipinski definition) is 8. The zero-order valence-corrected chi connectivity index (χ0v) is 18.0. The van der Waals surface area contributed by atoms with E-state index in [0.29, 0.717) is 35.6 Å². The number of benzene rings is 1. The van der Waals surface area contributed by atoms with E-state index in [-0.39, 0.29) is 0 Å². The molecule has 0 spiro atoms. The molecule has 3 heterocycles. The summed E-state index contributed by atoms with van der Waals surface area (Å²) in [6.45, 7) is 1.37. The molecule has 0 unspecified atom stereocenters. The molecule has 4 rings (SSSR count). The van der Waals surface area contributed by atoms with Gasteiger partial charge in [0.25, 0.3) is 0 Å². The van der Waals surface area contributed by atoms with Crippen LogP contribution in [0.2, 0.25) is 5.02 Å². The van der Waals surface area contributed by atoms with Crippen molar-refractivity contribution in [3.8, 4) is 22.8 Å². The van der Waals surface area contributed by atoms with Crippen LogP contribution in [0.25, 0.3) is 22.8 Å². The highest BCUT2D eigenvalue weighted by molar-refractivity contribution is 7.98. The van der Waals surface area contributed by atoms with Crippen molar-refractivity contribution in [2.24, 2.45) is 0 Å². The molecule has 0 aliphatic rings. The summed E-state index contributed by atoms with van der Waals surface area (Å²) in [4.78, 5) is 4.46. The van der Waals surface area contributed by atoms with Gasteiger partial charge in [-0.05, 0) is 30.0 Å². The van der Waals surface area contributed by atoms with Crippen molar-refractivity contribution >= 4 is 34.7 Å². The van der Waals surface area contributed by atoms with Crippen LogP contribution in [-0.4, -0.2) is 38.6 Å². The molecule has 3 aromatic heterocycles. The van der Waals surface area contributed by atoms with Crippen LogP contribution in [-0.2, 0) is 17.0 Å². The summed E-state index contributed by atoms with van der Waals surface area (Å²) < 4.78 is 12.6. The van der Waals surface area contributed by atoms with Crippen molar-refractivity contribution in [3.63, 3.8) is 0 Å². The minimum atomic E-state index is 0.502. The van der Waals surface area contributed by atoms with Crippen molar-refractivity contribution in [2.45, 2.75) is 23.9 Å². The lowest BCUT2D eigenvalue weighted by Gasteiger charge is -2.10. The monoisotopic (exact) mass is 447 g/mol. The molecule has 10 heteroatoms. The van der Waals surface area contributed by atoms with Crippen molar-refractivity contribution in [1.82, 2.24) is 24.9 Å². The molecular weight excluding hydrogens is 430 g/mol. The Bertz CT molecular complexity index is 1060. The van der Waals surface area contributed by atoms with Crippen LogP contribution >= 0.6 is 34.7 Å². The number of thioether (sulfide) groups is 1. The first-order valence-electron chi connectivity index (χ1n) is 8.91. The first-order valence-corrected chi connectivity index (χ1v) is 11.2. The lowest BCUT2D eigenvalue weighted by atomic mass is 10.2. The van der Waals surface area contributed by atoms with Crippen LogP contribution < -0.4 is 0 Å². The van der Waals surface area contributed by atoms with Gasteiger partial charge in [-0.15, -0.1) is 10.2 Å². The Hall–Kier alpha value is -2.20. The molecule has 0 N–H and O–H groups in total. The number of ether oxygens (including phenoxy) is 1. The van der Waals surface area contributed by atoms with Gasteiger partial charge in [0.2, 0.25) is 11.7 Å². The molecule has 0 aliphatic heterocycles. The van der Waals surface area contributed by atoms with Gasteiger partial charge in [-0.1, -0.05) is 40.7 Å². The molecule has 29 heavy (non-hydrogen) atoms. The molecule has 0 amide bonds. The third-order valence-electron chi connectivity index (χ3n) is 4.13. The van der Waals surface area contributed by atoms with Crippen LogP contribution in [0.3, 0.4) is 0 Å². The maximum atomic E-state index is 6.38. The van der Waals surface area contributed by atoms with E-state index in [1.165, 1.54) is 11.8 Å². The van der Waals surface area contributed by atoms with Gasteiger partial charge in [0.05, 0.1) is 10.8 Å². The predicted octanol–water partition coefficient (Wildman–Crippen LogP) is 5.04. The second-order valence-corrected chi connectivity index (χ2v) is 8.23. The van der Waals surface area contributed by atoms with Crippen molar-refractivity contribution < 1.29 is 9.26 Å². The highest BCUT2D eigenvalue weighted by Crippen LogP contribution is 2.30. The van der Waals surface area contributed by atoms with Crippen LogP contribution in [0, 0.1) is 0 Å². The first-order chi connectivity index (χ1) is 14.3.